The summed E-state index contributed by atoms with van der Waals surface area (Å²) in [6.07, 6.45) is 0. The van der Waals surface area contributed by atoms with Crippen molar-refractivity contribution in [3.05, 3.63) is 65.0 Å². The number of nitrogens with zero attached hydrogens (tertiary/aromatic N) is 2. The number of benzene rings is 2. The van der Waals surface area contributed by atoms with Crippen molar-refractivity contribution in [1.82, 2.24) is 15.1 Å². The molecule has 27 heavy (non-hydrogen) atoms. The Morgan fingerprint density at radius 2 is 1.85 bits per heavy atom. The van der Waals surface area contributed by atoms with Crippen LogP contribution in [0, 0.1) is 5.82 Å². The lowest BCUT2D eigenvalue weighted by molar-refractivity contribution is 0.193. The Balaban J connectivity index is 0.00000261. The maximum absolute atomic E-state index is 13.3. The zero-order valence-corrected chi connectivity index (χ0v) is 16.6. The summed E-state index contributed by atoms with van der Waals surface area (Å²) in [7, 11) is 5.60. The minimum atomic E-state index is -0.266. The number of methoxy groups -OCH3 is 1. The van der Waals surface area contributed by atoms with Crippen LogP contribution < -0.4 is 10.1 Å². The van der Waals surface area contributed by atoms with Gasteiger partial charge in [-0.05, 0) is 55.1 Å². The number of ether oxygens (including phenoxy) is 1. The van der Waals surface area contributed by atoms with Crippen LogP contribution >= 0.6 is 12.4 Å². The molecule has 1 aliphatic heterocycles. The Kier molecular flexibility index (Phi) is 7.05. The molecule has 1 heterocycles. The fraction of sp³-hybridized carbons (Fsp3) is 0.350. The summed E-state index contributed by atoms with van der Waals surface area (Å²) < 4.78 is 18.5. The van der Waals surface area contributed by atoms with Gasteiger partial charge in [0.2, 0.25) is 0 Å². The SMILES string of the molecule is COc1ccc(C(CNC(=O)N2Cc3ccc(F)cc3C2)N(C)C)cc1.Cl. The molecule has 1 N–H and O–H groups in total. The van der Waals surface area contributed by atoms with E-state index in [-0.39, 0.29) is 30.3 Å². The van der Waals surface area contributed by atoms with Crippen molar-refractivity contribution >= 4 is 18.4 Å². The van der Waals surface area contributed by atoms with Crippen molar-refractivity contribution < 1.29 is 13.9 Å². The lowest BCUT2D eigenvalue weighted by atomic mass is 10.1. The number of hydrogen-bond donors (Lipinski definition) is 1. The van der Waals surface area contributed by atoms with Gasteiger partial charge in [0.1, 0.15) is 11.6 Å². The van der Waals surface area contributed by atoms with Gasteiger partial charge in [-0.15, -0.1) is 12.4 Å². The largest absolute Gasteiger partial charge is 0.497 e. The Morgan fingerprint density at radius 3 is 2.48 bits per heavy atom. The number of likely N-dealkylation sites (N-methyl/N-ethyl adjacent to an activating group) is 1. The number of hydrogen-bond acceptors (Lipinski definition) is 3. The third-order valence-corrected chi connectivity index (χ3v) is 4.75. The molecule has 2 amide bonds. The summed E-state index contributed by atoms with van der Waals surface area (Å²) in [6.45, 7) is 1.43. The van der Waals surface area contributed by atoms with Crippen molar-refractivity contribution in [2.24, 2.45) is 0 Å². The predicted octanol–water partition coefficient (Wildman–Crippen LogP) is 3.58. The van der Waals surface area contributed by atoms with E-state index in [9.17, 15) is 9.18 Å². The maximum atomic E-state index is 13.3. The molecule has 0 saturated heterocycles. The van der Waals surface area contributed by atoms with E-state index in [1.54, 1.807) is 18.1 Å². The molecule has 5 nitrogen and oxygen atoms in total. The highest BCUT2D eigenvalue weighted by molar-refractivity contribution is 5.85. The molecule has 7 heteroatoms. The summed E-state index contributed by atoms with van der Waals surface area (Å²) in [6, 6.07) is 12.4. The molecular weight excluding hydrogens is 369 g/mol. The third kappa shape index (κ3) is 4.90. The number of rotatable bonds is 5. The molecule has 1 atom stereocenters. The first-order valence-corrected chi connectivity index (χ1v) is 8.58. The van der Waals surface area contributed by atoms with Gasteiger partial charge in [-0.25, -0.2) is 9.18 Å². The second-order valence-corrected chi connectivity index (χ2v) is 6.71. The van der Waals surface area contributed by atoms with Gasteiger partial charge in [0.15, 0.2) is 0 Å². The fourth-order valence-corrected chi connectivity index (χ4v) is 3.23. The number of nitrogens with one attached hydrogen (secondary N) is 1. The highest BCUT2D eigenvalue weighted by atomic mass is 35.5. The second kappa shape index (κ2) is 9.06. The van der Waals surface area contributed by atoms with Crippen LogP contribution in [0.25, 0.3) is 0 Å². The molecule has 1 unspecified atom stereocenters. The van der Waals surface area contributed by atoms with Gasteiger partial charge in [-0.2, -0.15) is 0 Å². The van der Waals surface area contributed by atoms with E-state index in [1.807, 2.05) is 38.4 Å². The predicted molar refractivity (Wildman–Crippen MR) is 106 cm³/mol. The van der Waals surface area contributed by atoms with E-state index < -0.39 is 0 Å². The number of carbonyl (C=O) groups is 1. The average molecular weight is 394 g/mol. The van der Waals surface area contributed by atoms with E-state index in [2.05, 4.69) is 10.2 Å². The molecule has 0 saturated carbocycles. The number of carbonyl (C=O) groups excluding carboxylic acids is 1. The zero-order valence-electron chi connectivity index (χ0n) is 15.7. The topological polar surface area (TPSA) is 44.8 Å². The number of halogens is 2. The van der Waals surface area contributed by atoms with Crippen molar-refractivity contribution in [3.8, 4) is 5.75 Å². The van der Waals surface area contributed by atoms with Crippen LogP contribution in [0.15, 0.2) is 42.5 Å². The van der Waals surface area contributed by atoms with Crippen molar-refractivity contribution in [2.75, 3.05) is 27.7 Å². The van der Waals surface area contributed by atoms with Gasteiger partial charge >= 0.3 is 6.03 Å². The van der Waals surface area contributed by atoms with Crippen LogP contribution in [0.3, 0.4) is 0 Å². The molecule has 0 bridgehead atoms. The van der Waals surface area contributed by atoms with Crippen LogP contribution in [-0.2, 0) is 13.1 Å². The first kappa shape index (κ1) is 21.0. The standard InChI is InChI=1S/C20H24FN3O2.ClH/c1-23(2)19(14-5-8-18(26-3)9-6-14)11-22-20(25)24-12-15-4-7-17(21)10-16(15)13-24;/h4-10,19H,11-13H2,1-3H3,(H,22,25);1H. The van der Waals surface area contributed by atoms with Crippen LogP contribution in [0.2, 0.25) is 0 Å². The van der Waals surface area contributed by atoms with Crippen molar-refractivity contribution in [2.45, 2.75) is 19.1 Å². The Labute approximate surface area is 165 Å². The molecular formula is C20H25ClFN3O2. The van der Waals surface area contributed by atoms with Gasteiger partial charge in [0.05, 0.1) is 13.2 Å². The molecule has 0 radical (unpaired) electrons. The first-order chi connectivity index (χ1) is 12.5. The minimum Gasteiger partial charge on any atom is -0.497 e. The van der Waals surface area contributed by atoms with Gasteiger partial charge in [0, 0.05) is 19.6 Å². The molecule has 146 valence electrons. The van der Waals surface area contributed by atoms with E-state index >= 15 is 0 Å². The summed E-state index contributed by atoms with van der Waals surface area (Å²) in [5.74, 6) is 0.538. The van der Waals surface area contributed by atoms with Gasteiger partial charge < -0.3 is 19.9 Å². The molecule has 1 aliphatic rings. The van der Waals surface area contributed by atoms with Gasteiger partial charge in [0.25, 0.3) is 0 Å². The average Bonchev–Trinajstić information content (AvgIpc) is 3.05. The maximum Gasteiger partial charge on any atom is 0.318 e. The molecule has 0 aliphatic carbocycles. The molecule has 2 aromatic carbocycles. The van der Waals surface area contributed by atoms with Crippen molar-refractivity contribution in [3.63, 3.8) is 0 Å². The van der Waals surface area contributed by atoms with Crippen LogP contribution in [0.1, 0.15) is 22.7 Å². The Hall–Kier alpha value is -2.31. The number of amides is 2. The van der Waals surface area contributed by atoms with Gasteiger partial charge in [-0.1, -0.05) is 18.2 Å². The van der Waals surface area contributed by atoms with Crippen LogP contribution in [0.4, 0.5) is 9.18 Å². The van der Waals surface area contributed by atoms with Gasteiger partial charge in [-0.3, -0.25) is 0 Å². The monoisotopic (exact) mass is 393 g/mol. The Morgan fingerprint density at radius 1 is 1.19 bits per heavy atom. The highest BCUT2D eigenvalue weighted by Crippen LogP contribution is 2.24. The fourth-order valence-electron chi connectivity index (χ4n) is 3.23. The third-order valence-electron chi connectivity index (χ3n) is 4.75. The minimum absolute atomic E-state index is 0. The summed E-state index contributed by atoms with van der Waals surface area (Å²) >= 11 is 0. The molecule has 0 aromatic heterocycles. The molecule has 0 fully saturated rings. The normalized spacial score (nSPS) is 13.7. The van der Waals surface area contributed by atoms with E-state index in [0.29, 0.717) is 19.6 Å². The lowest BCUT2D eigenvalue weighted by Gasteiger charge is -2.26. The van der Waals surface area contributed by atoms with Crippen LogP contribution in [0.5, 0.6) is 5.75 Å². The van der Waals surface area contributed by atoms with E-state index in [0.717, 1.165) is 22.4 Å². The first-order valence-electron chi connectivity index (χ1n) is 8.58. The van der Waals surface area contributed by atoms with Crippen LogP contribution in [-0.4, -0.2) is 43.6 Å². The number of urea groups is 1. The lowest BCUT2D eigenvalue weighted by Crippen LogP contribution is -2.41. The molecule has 0 spiro atoms. The highest BCUT2D eigenvalue weighted by Gasteiger charge is 2.24. The summed E-state index contributed by atoms with van der Waals surface area (Å²) in [5.41, 5.74) is 2.98. The number of fused-ring (bicyclic) bond motifs is 1. The van der Waals surface area contributed by atoms with E-state index in [4.69, 9.17) is 4.74 Å². The van der Waals surface area contributed by atoms with Crippen molar-refractivity contribution in [1.29, 1.82) is 0 Å². The molecule has 2 aromatic rings. The Bertz CT molecular complexity index is 783. The summed E-state index contributed by atoms with van der Waals surface area (Å²) in [5, 5.41) is 3.00. The quantitative estimate of drug-likeness (QED) is 0.844. The smallest absolute Gasteiger partial charge is 0.318 e. The van der Waals surface area contributed by atoms with E-state index in [1.165, 1.54) is 12.1 Å². The second-order valence-electron chi connectivity index (χ2n) is 6.71. The zero-order chi connectivity index (χ0) is 18.7. The molecule has 3 rings (SSSR count). The summed E-state index contributed by atoms with van der Waals surface area (Å²) in [4.78, 5) is 16.3.